The molecule has 158 valence electrons. The Morgan fingerprint density at radius 3 is 2.43 bits per heavy atom. The van der Waals surface area contributed by atoms with Crippen LogP contribution in [-0.2, 0) is 14.3 Å². The molecule has 0 unspecified atom stereocenters. The van der Waals surface area contributed by atoms with Crippen LogP contribution >= 0.6 is 23.2 Å². The summed E-state index contributed by atoms with van der Waals surface area (Å²) in [5.41, 5.74) is 0.345. The zero-order valence-corrected chi connectivity index (χ0v) is 17.3. The molecule has 0 heterocycles. The highest BCUT2D eigenvalue weighted by Gasteiger charge is 2.14. The molecule has 0 saturated heterocycles. The number of hydrogen-bond acceptors (Lipinski definition) is 7. The quantitative estimate of drug-likeness (QED) is 0.276. The third kappa shape index (κ3) is 6.10. The molecule has 2 aromatic carbocycles. The fourth-order valence-corrected chi connectivity index (χ4v) is 2.69. The van der Waals surface area contributed by atoms with Crippen LogP contribution in [0.15, 0.2) is 36.4 Å². The number of amides is 1. The summed E-state index contributed by atoms with van der Waals surface area (Å²) in [6, 6.07) is 6.97. The molecular formula is C19H16Cl2N2O7. The van der Waals surface area contributed by atoms with Gasteiger partial charge >= 0.3 is 5.97 Å². The molecule has 0 bridgehead atoms. The summed E-state index contributed by atoms with van der Waals surface area (Å²) in [5.74, 6) is -0.772. The number of anilines is 1. The van der Waals surface area contributed by atoms with Crippen LogP contribution in [-0.4, -0.2) is 37.6 Å². The smallest absolute Gasteiger partial charge is 0.331 e. The standard InChI is InChI=1S/C19H16Cl2N2O7/c1-28-16-9-17(29-2)14(8-13(16)21)22-18(24)10-30-19(25)6-4-11-3-5-12(20)15(7-11)23(26)27/h3-9H,10H2,1-2H3,(H,22,24)/b6-4+. The monoisotopic (exact) mass is 454 g/mol. The lowest BCUT2D eigenvalue weighted by molar-refractivity contribution is -0.384. The van der Waals surface area contributed by atoms with Crippen LogP contribution in [0.2, 0.25) is 10.0 Å². The Balaban J connectivity index is 1.96. The topological polar surface area (TPSA) is 117 Å². The van der Waals surface area contributed by atoms with Gasteiger partial charge < -0.3 is 19.5 Å². The fourth-order valence-electron chi connectivity index (χ4n) is 2.27. The van der Waals surface area contributed by atoms with Gasteiger partial charge in [0, 0.05) is 18.2 Å². The van der Waals surface area contributed by atoms with Crippen LogP contribution in [0.1, 0.15) is 5.56 Å². The summed E-state index contributed by atoms with van der Waals surface area (Å²) in [7, 11) is 2.85. The van der Waals surface area contributed by atoms with Crippen LogP contribution in [0.5, 0.6) is 11.5 Å². The molecule has 1 amide bonds. The predicted octanol–water partition coefficient (Wildman–Crippen LogP) is 4.11. The number of nitro groups is 1. The third-order valence-electron chi connectivity index (χ3n) is 3.67. The van der Waals surface area contributed by atoms with Gasteiger partial charge in [0.25, 0.3) is 11.6 Å². The van der Waals surface area contributed by atoms with E-state index in [0.29, 0.717) is 17.1 Å². The molecule has 0 aliphatic carbocycles. The van der Waals surface area contributed by atoms with E-state index in [4.69, 9.17) is 37.4 Å². The Bertz CT molecular complexity index is 1010. The normalized spacial score (nSPS) is 10.5. The van der Waals surface area contributed by atoms with E-state index in [1.165, 1.54) is 50.6 Å². The number of rotatable bonds is 8. The highest BCUT2D eigenvalue weighted by atomic mass is 35.5. The van der Waals surface area contributed by atoms with Gasteiger partial charge in [-0.25, -0.2) is 4.79 Å². The van der Waals surface area contributed by atoms with Gasteiger partial charge in [-0.15, -0.1) is 0 Å². The highest BCUT2D eigenvalue weighted by molar-refractivity contribution is 6.33. The molecule has 1 N–H and O–H groups in total. The molecule has 0 fully saturated rings. The minimum atomic E-state index is -0.817. The number of carbonyl (C=O) groups is 2. The zero-order valence-electron chi connectivity index (χ0n) is 15.8. The van der Waals surface area contributed by atoms with Crippen molar-refractivity contribution in [2.45, 2.75) is 0 Å². The van der Waals surface area contributed by atoms with Gasteiger partial charge in [0.05, 0.1) is 29.9 Å². The summed E-state index contributed by atoms with van der Waals surface area (Å²) in [4.78, 5) is 34.1. The number of halogens is 2. The molecule has 0 radical (unpaired) electrons. The second-order valence-electron chi connectivity index (χ2n) is 5.64. The zero-order chi connectivity index (χ0) is 22.3. The number of esters is 1. The first-order valence-electron chi connectivity index (χ1n) is 8.25. The van der Waals surface area contributed by atoms with Crippen molar-refractivity contribution in [3.05, 3.63) is 62.1 Å². The van der Waals surface area contributed by atoms with Gasteiger partial charge in [-0.3, -0.25) is 14.9 Å². The maximum absolute atomic E-state index is 12.1. The van der Waals surface area contributed by atoms with E-state index in [9.17, 15) is 19.7 Å². The molecule has 0 spiro atoms. The summed E-state index contributed by atoms with van der Waals surface area (Å²) in [6.45, 7) is -0.573. The number of nitro benzene ring substituents is 1. The Hall–Kier alpha value is -3.30. The highest BCUT2D eigenvalue weighted by Crippen LogP contribution is 2.35. The Kier molecular flexibility index (Phi) is 8.02. The molecule has 2 aromatic rings. The van der Waals surface area contributed by atoms with E-state index in [1.807, 2.05) is 0 Å². The van der Waals surface area contributed by atoms with Crippen molar-refractivity contribution in [3.63, 3.8) is 0 Å². The number of hydrogen-bond donors (Lipinski definition) is 1. The molecule has 0 aliphatic rings. The largest absolute Gasteiger partial charge is 0.495 e. The average Bonchev–Trinajstić information content (AvgIpc) is 2.71. The van der Waals surface area contributed by atoms with Crippen molar-refractivity contribution >= 4 is 52.5 Å². The number of benzene rings is 2. The first-order valence-corrected chi connectivity index (χ1v) is 9.01. The maximum Gasteiger partial charge on any atom is 0.331 e. The lowest BCUT2D eigenvalue weighted by Gasteiger charge is -2.13. The van der Waals surface area contributed by atoms with Crippen molar-refractivity contribution in [3.8, 4) is 11.5 Å². The second kappa shape index (κ2) is 10.5. The number of nitrogens with one attached hydrogen (secondary N) is 1. The number of carbonyl (C=O) groups excluding carboxylic acids is 2. The van der Waals surface area contributed by atoms with Crippen molar-refractivity contribution in [1.82, 2.24) is 0 Å². The SMILES string of the molecule is COc1cc(OC)c(NC(=O)COC(=O)/C=C/c2ccc(Cl)c([N+](=O)[O-])c2)cc1Cl. The number of ether oxygens (including phenoxy) is 3. The molecule has 2 rings (SSSR count). The maximum atomic E-state index is 12.1. The summed E-state index contributed by atoms with van der Waals surface area (Å²) < 4.78 is 15.1. The van der Waals surface area contributed by atoms with E-state index in [0.717, 1.165) is 6.08 Å². The van der Waals surface area contributed by atoms with E-state index >= 15 is 0 Å². The third-order valence-corrected chi connectivity index (χ3v) is 4.29. The summed E-state index contributed by atoms with van der Waals surface area (Å²) in [6.07, 6.45) is 2.33. The minimum Gasteiger partial charge on any atom is -0.495 e. The molecular weight excluding hydrogens is 439 g/mol. The first-order chi connectivity index (χ1) is 14.2. The molecule has 0 atom stereocenters. The lowest BCUT2D eigenvalue weighted by Crippen LogP contribution is -2.20. The molecule has 0 saturated carbocycles. The first kappa shape index (κ1) is 23.0. The predicted molar refractivity (Wildman–Crippen MR) is 111 cm³/mol. The van der Waals surface area contributed by atoms with Gasteiger partial charge in [-0.2, -0.15) is 0 Å². The average molecular weight is 455 g/mol. The van der Waals surface area contributed by atoms with Gasteiger partial charge in [-0.05, 0) is 23.8 Å². The van der Waals surface area contributed by atoms with E-state index in [2.05, 4.69) is 5.32 Å². The van der Waals surface area contributed by atoms with E-state index in [1.54, 1.807) is 0 Å². The van der Waals surface area contributed by atoms with Crippen LogP contribution in [0.3, 0.4) is 0 Å². The second-order valence-corrected chi connectivity index (χ2v) is 6.46. The molecule has 0 aliphatic heterocycles. The summed E-state index contributed by atoms with van der Waals surface area (Å²) in [5, 5.41) is 13.6. The Morgan fingerprint density at radius 2 is 1.80 bits per heavy atom. The molecule has 30 heavy (non-hydrogen) atoms. The van der Waals surface area contributed by atoms with Crippen molar-refractivity contribution in [1.29, 1.82) is 0 Å². The van der Waals surface area contributed by atoms with Crippen molar-refractivity contribution in [2.24, 2.45) is 0 Å². The summed E-state index contributed by atoms with van der Waals surface area (Å²) >= 11 is 11.8. The Labute approximate surface area is 181 Å². The molecule has 9 nitrogen and oxygen atoms in total. The van der Waals surface area contributed by atoms with Gasteiger partial charge in [0.1, 0.15) is 16.5 Å². The molecule has 0 aromatic heterocycles. The van der Waals surface area contributed by atoms with Crippen LogP contribution in [0.4, 0.5) is 11.4 Å². The fraction of sp³-hybridized carbons (Fsp3) is 0.158. The van der Waals surface area contributed by atoms with Gasteiger partial charge in [0.2, 0.25) is 0 Å². The lowest BCUT2D eigenvalue weighted by atomic mass is 10.2. The van der Waals surface area contributed by atoms with Crippen LogP contribution in [0.25, 0.3) is 6.08 Å². The number of methoxy groups -OCH3 is 2. The van der Waals surface area contributed by atoms with E-state index in [-0.39, 0.29) is 21.4 Å². The van der Waals surface area contributed by atoms with Gasteiger partial charge in [-0.1, -0.05) is 29.3 Å². The van der Waals surface area contributed by atoms with Crippen LogP contribution in [0, 0.1) is 10.1 Å². The Morgan fingerprint density at radius 1 is 1.10 bits per heavy atom. The minimum absolute atomic E-state index is 0.0227. The van der Waals surface area contributed by atoms with Crippen LogP contribution < -0.4 is 14.8 Å². The van der Waals surface area contributed by atoms with Gasteiger partial charge in [0.15, 0.2) is 6.61 Å². The van der Waals surface area contributed by atoms with Crippen molar-refractivity contribution in [2.75, 3.05) is 26.1 Å². The van der Waals surface area contributed by atoms with Crippen molar-refractivity contribution < 1.29 is 28.7 Å². The molecule has 11 heteroatoms. The van der Waals surface area contributed by atoms with E-state index < -0.39 is 23.4 Å². The number of nitrogens with zero attached hydrogens (tertiary/aromatic N) is 1.